The Kier molecular flexibility index (Phi) is 2.50. The monoisotopic (exact) mass is 187 g/mol. The van der Waals surface area contributed by atoms with Crippen molar-refractivity contribution in [2.75, 3.05) is 13.1 Å². The molecule has 1 aliphatic heterocycles. The first-order valence-electron chi connectivity index (χ1n) is 3.73. The zero-order valence-electron chi connectivity index (χ0n) is 6.77. The maximum atomic E-state index is 11.0. The van der Waals surface area contributed by atoms with Gasteiger partial charge in [-0.1, -0.05) is 0 Å². The van der Waals surface area contributed by atoms with Crippen LogP contribution in [0.4, 0.5) is 0 Å². The van der Waals surface area contributed by atoms with Crippen molar-refractivity contribution in [3.8, 4) is 0 Å². The van der Waals surface area contributed by atoms with Gasteiger partial charge in [-0.25, -0.2) is 0 Å². The summed E-state index contributed by atoms with van der Waals surface area (Å²) in [4.78, 5) is 32.6. The fraction of sp³-hybridized carbons (Fsp3) is 0.571. The summed E-state index contributed by atoms with van der Waals surface area (Å²) in [7, 11) is 0. The van der Waals surface area contributed by atoms with Crippen LogP contribution in [-0.4, -0.2) is 46.0 Å². The third-order valence-electron chi connectivity index (χ3n) is 1.89. The van der Waals surface area contributed by atoms with E-state index < -0.39 is 30.2 Å². The lowest BCUT2D eigenvalue weighted by Gasteiger charge is -2.36. The number of carboxylic acid groups (broad SMARTS) is 2. The molecule has 0 aliphatic carbocycles. The molecule has 0 bridgehead atoms. The van der Waals surface area contributed by atoms with E-state index in [1.54, 1.807) is 0 Å². The molecule has 0 aromatic carbocycles. The molecule has 0 radical (unpaired) electrons. The van der Waals surface area contributed by atoms with Crippen molar-refractivity contribution >= 4 is 17.8 Å². The third-order valence-corrected chi connectivity index (χ3v) is 1.89. The van der Waals surface area contributed by atoms with Crippen LogP contribution in [0.1, 0.15) is 6.42 Å². The van der Waals surface area contributed by atoms with Gasteiger partial charge in [-0.05, 0) is 0 Å². The van der Waals surface area contributed by atoms with Crippen molar-refractivity contribution in [1.82, 2.24) is 4.90 Å². The molecule has 0 aromatic heterocycles. The summed E-state index contributed by atoms with van der Waals surface area (Å²) >= 11 is 0. The fourth-order valence-corrected chi connectivity index (χ4v) is 1.08. The summed E-state index contributed by atoms with van der Waals surface area (Å²) in [5.74, 6) is -3.19. The van der Waals surface area contributed by atoms with Crippen LogP contribution < -0.4 is 0 Å². The summed E-state index contributed by atoms with van der Waals surface area (Å²) in [6.45, 7) is 0.253. The van der Waals surface area contributed by atoms with Gasteiger partial charge in [0.05, 0.1) is 5.92 Å². The van der Waals surface area contributed by atoms with Gasteiger partial charge in [-0.15, -0.1) is 0 Å². The first-order chi connectivity index (χ1) is 6.00. The molecule has 1 saturated heterocycles. The van der Waals surface area contributed by atoms with Gasteiger partial charge in [0.2, 0.25) is 5.91 Å². The number of rotatable bonds is 3. The van der Waals surface area contributed by atoms with Crippen molar-refractivity contribution < 1.29 is 24.6 Å². The number of carbonyl (C=O) groups excluding carboxylic acids is 1. The minimum atomic E-state index is -1.19. The molecule has 6 heteroatoms. The van der Waals surface area contributed by atoms with Gasteiger partial charge in [0, 0.05) is 13.1 Å². The van der Waals surface area contributed by atoms with Crippen LogP contribution >= 0.6 is 0 Å². The Morgan fingerprint density at radius 2 is 1.77 bits per heavy atom. The van der Waals surface area contributed by atoms with E-state index >= 15 is 0 Å². The van der Waals surface area contributed by atoms with Crippen LogP contribution in [0.15, 0.2) is 0 Å². The molecule has 0 atom stereocenters. The van der Waals surface area contributed by atoms with Crippen LogP contribution in [0.25, 0.3) is 0 Å². The number of likely N-dealkylation sites (tertiary alicyclic amines) is 1. The van der Waals surface area contributed by atoms with E-state index in [4.69, 9.17) is 10.2 Å². The summed E-state index contributed by atoms with van der Waals surface area (Å²) in [6.07, 6.45) is -0.563. The minimum absolute atomic E-state index is 0.126. The summed E-state index contributed by atoms with van der Waals surface area (Å²) in [5, 5.41) is 16.7. The molecule has 1 amide bonds. The highest BCUT2D eigenvalue weighted by atomic mass is 16.4. The number of hydrogen-bond acceptors (Lipinski definition) is 3. The first-order valence-corrected chi connectivity index (χ1v) is 3.73. The highest BCUT2D eigenvalue weighted by Gasteiger charge is 2.35. The Hall–Kier alpha value is -1.59. The van der Waals surface area contributed by atoms with Crippen LogP contribution in [0.5, 0.6) is 0 Å². The number of amides is 1. The Bertz CT molecular complexity index is 256. The molecule has 72 valence electrons. The number of hydrogen-bond donors (Lipinski definition) is 2. The van der Waals surface area contributed by atoms with E-state index in [-0.39, 0.29) is 13.1 Å². The van der Waals surface area contributed by atoms with Crippen LogP contribution in [0.3, 0.4) is 0 Å². The smallest absolute Gasteiger partial charge is 0.312 e. The van der Waals surface area contributed by atoms with E-state index in [1.165, 1.54) is 4.90 Å². The average Bonchev–Trinajstić information content (AvgIpc) is 1.79. The standard InChI is InChI=1S/C7H9NO5/c9-5(1-6(10)11)8-2-4(3-8)7(12)13/h4H,1-3H2,(H,10,11)(H,12,13). The lowest BCUT2D eigenvalue weighted by atomic mass is 10.0. The Labute approximate surface area is 73.8 Å². The lowest BCUT2D eigenvalue weighted by molar-refractivity contribution is -0.154. The van der Waals surface area contributed by atoms with Crippen molar-refractivity contribution in [3.05, 3.63) is 0 Å². The molecule has 6 nitrogen and oxygen atoms in total. The fourth-order valence-electron chi connectivity index (χ4n) is 1.08. The van der Waals surface area contributed by atoms with Crippen molar-refractivity contribution in [2.24, 2.45) is 5.92 Å². The van der Waals surface area contributed by atoms with Gasteiger partial charge in [0.25, 0.3) is 0 Å². The molecule has 0 saturated carbocycles. The second-order valence-corrected chi connectivity index (χ2v) is 2.90. The van der Waals surface area contributed by atoms with Crippen molar-refractivity contribution in [2.45, 2.75) is 6.42 Å². The molecule has 1 rings (SSSR count). The highest BCUT2D eigenvalue weighted by Crippen LogP contribution is 2.16. The Morgan fingerprint density at radius 3 is 2.15 bits per heavy atom. The number of carboxylic acids is 2. The molecule has 0 unspecified atom stereocenters. The highest BCUT2D eigenvalue weighted by molar-refractivity contribution is 5.94. The van der Waals surface area contributed by atoms with E-state index in [0.29, 0.717) is 0 Å². The molecule has 13 heavy (non-hydrogen) atoms. The maximum Gasteiger partial charge on any atom is 0.312 e. The average molecular weight is 187 g/mol. The molecular weight excluding hydrogens is 178 g/mol. The maximum absolute atomic E-state index is 11.0. The topological polar surface area (TPSA) is 94.9 Å². The normalized spacial score (nSPS) is 16.5. The summed E-state index contributed by atoms with van der Waals surface area (Å²) in [5.41, 5.74) is 0. The third kappa shape index (κ3) is 2.17. The number of carbonyl (C=O) groups is 3. The van der Waals surface area contributed by atoms with Crippen LogP contribution in [0.2, 0.25) is 0 Å². The van der Waals surface area contributed by atoms with Gasteiger partial charge < -0.3 is 15.1 Å². The van der Waals surface area contributed by atoms with Gasteiger partial charge >= 0.3 is 11.9 Å². The van der Waals surface area contributed by atoms with Crippen molar-refractivity contribution in [3.63, 3.8) is 0 Å². The quantitative estimate of drug-likeness (QED) is 0.553. The van der Waals surface area contributed by atoms with Crippen LogP contribution in [-0.2, 0) is 14.4 Å². The van der Waals surface area contributed by atoms with E-state index in [9.17, 15) is 14.4 Å². The lowest BCUT2D eigenvalue weighted by Crippen LogP contribution is -2.53. The van der Waals surface area contributed by atoms with Crippen molar-refractivity contribution in [1.29, 1.82) is 0 Å². The summed E-state index contributed by atoms with van der Waals surface area (Å²) < 4.78 is 0. The van der Waals surface area contributed by atoms with E-state index in [0.717, 1.165) is 0 Å². The summed E-state index contributed by atoms with van der Waals surface area (Å²) in [6, 6.07) is 0. The van der Waals surface area contributed by atoms with E-state index in [1.807, 2.05) is 0 Å². The Balaban J connectivity index is 2.31. The van der Waals surface area contributed by atoms with E-state index in [2.05, 4.69) is 0 Å². The van der Waals surface area contributed by atoms with Crippen LogP contribution in [0, 0.1) is 5.92 Å². The Morgan fingerprint density at radius 1 is 1.23 bits per heavy atom. The second-order valence-electron chi connectivity index (χ2n) is 2.90. The van der Waals surface area contributed by atoms with Gasteiger partial charge in [-0.2, -0.15) is 0 Å². The second kappa shape index (κ2) is 3.42. The predicted octanol–water partition coefficient (Wildman–Crippen LogP) is -0.996. The first kappa shape index (κ1) is 9.50. The SMILES string of the molecule is O=C(O)CC(=O)N1CC(C(=O)O)C1. The molecule has 1 aliphatic rings. The van der Waals surface area contributed by atoms with Gasteiger partial charge in [0.1, 0.15) is 6.42 Å². The molecular formula is C7H9NO5. The molecule has 1 heterocycles. The zero-order chi connectivity index (χ0) is 10.0. The molecule has 0 aromatic rings. The van der Waals surface area contributed by atoms with Gasteiger partial charge in [-0.3, -0.25) is 14.4 Å². The van der Waals surface area contributed by atoms with Gasteiger partial charge in [0.15, 0.2) is 0 Å². The molecule has 1 fully saturated rings. The molecule has 2 N–H and O–H groups in total. The minimum Gasteiger partial charge on any atom is -0.481 e. The molecule has 0 spiro atoms. The largest absolute Gasteiger partial charge is 0.481 e. The number of aliphatic carboxylic acids is 2. The zero-order valence-corrected chi connectivity index (χ0v) is 6.77. The number of nitrogens with zero attached hydrogens (tertiary/aromatic N) is 1. The predicted molar refractivity (Wildman–Crippen MR) is 40.0 cm³/mol.